The number of halogens is 1. The van der Waals surface area contributed by atoms with Gasteiger partial charge in [-0.2, -0.15) is 4.98 Å². The first-order valence-corrected chi connectivity index (χ1v) is 8.48. The van der Waals surface area contributed by atoms with Crippen molar-refractivity contribution in [2.45, 2.75) is 24.7 Å². The monoisotopic (exact) mass is 386 g/mol. The van der Waals surface area contributed by atoms with E-state index >= 15 is 0 Å². The zero-order valence-corrected chi connectivity index (χ0v) is 14.7. The summed E-state index contributed by atoms with van der Waals surface area (Å²) >= 11 is 3.38. The Labute approximate surface area is 147 Å². The highest BCUT2D eigenvalue weighted by Crippen LogP contribution is 2.47. The Morgan fingerprint density at radius 1 is 1.12 bits per heavy atom. The van der Waals surface area contributed by atoms with Crippen LogP contribution in [0.2, 0.25) is 0 Å². The summed E-state index contributed by atoms with van der Waals surface area (Å²) in [5, 5.41) is 4.24. The molecule has 0 unspecified atom stereocenters. The molecule has 6 nitrogen and oxygen atoms in total. The minimum Gasteiger partial charge on any atom is -0.494 e. The van der Waals surface area contributed by atoms with Crippen LogP contribution in [0.3, 0.4) is 0 Å². The first-order valence-electron chi connectivity index (χ1n) is 7.68. The Hall–Kier alpha value is -2.28. The van der Waals surface area contributed by atoms with Gasteiger partial charge >= 0.3 is 0 Å². The predicted octanol–water partition coefficient (Wildman–Crippen LogP) is 3.77. The highest BCUT2D eigenvalue weighted by Gasteiger charge is 2.44. The molecule has 1 aliphatic rings. The van der Waals surface area contributed by atoms with Crippen molar-refractivity contribution in [1.29, 1.82) is 0 Å². The lowest BCUT2D eigenvalue weighted by atomic mass is 9.64. The van der Waals surface area contributed by atoms with Crippen molar-refractivity contribution in [3.05, 3.63) is 52.7 Å². The highest BCUT2D eigenvalue weighted by atomic mass is 79.9. The van der Waals surface area contributed by atoms with Crippen molar-refractivity contribution in [2.75, 3.05) is 7.11 Å². The van der Waals surface area contributed by atoms with Crippen LogP contribution in [-0.2, 0) is 5.41 Å². The quantitative estimate of drug-likeness (QED) is 0.635. The normalized spacial score (nSPS) is 15.8. The third-order valence-electron chi connectivity index (χ3n) is 4.55. The van der Waals surface area contributed by atoms with E-state index in [2.05, 4.69) is 36.0 Å². The van der Waals surface area contributed by atoms with E-state index in [1.807, 2.05) is 18.2 Å². The molecule has 1 saturated carbocycles. The molecular formula is C17H15BrN4O2. The SMILES string of the molecule is COc1ccc(-c2nc(C3(c4ccncc4)CCC3)no2)nc1Br. The molecule has 0 aliphatic heterocycles. The Morgan fingerprint density at radius 2 is 1.92 bits per heavy atom. The van der Waals surface area contributed by atoms with Crippen molar-refractivity contribution < 1.29 is 9.26 Å². The van der Waals surface area contributed by atoms with E-state index < -0.39 is 0 Å². The Balaban J connectivity index is 1.71. The third kappa shape index (κ3) is 2.39. The van der Waals surface area contributed by atoms with E-state index in [0.29, 0.717) is 27.8 Å². The summed E-state index contributed by atoms with van der Waals surface area (Å²) in [7, 11) is 1.60. The molecule has 0 saturated heterocycles. The van der Waals surface area contributed by atoms with Crippen LogP contribution in [0, 0.1) is 0 Å². The van der Waals surface area contributed by atoms with Crippen LogP contribution in [0.5, 0.6) is 5.75 Å². The lowest BCUT2D eigenvalue weighted by molar-refractivity contribution is 0.272. The highest BCUT2D eigenvalue weighted by molar-refractivity contribution is 9.10. The number of methoxy groups -OCH3 is 1. The number of aromatic nitrogens is 4. The summed E-state index contributed by atoms with van der Waals surface area (Å²) in [6.45, 7) is 0. The van der Waals surface area contributed by atoms with Crippen LogP contribution in [-0.4, -0.2) is 27.2 Å². The maximum atomic E-state index is 5.48. The van der Waals surface area contributed by atoms with E-state index in [4.69, 9.17) is 9.26 Å². The topological polar surface area (TPSA) is 73.9 Å². The molecule has 0 amide bonds. The van der Waals surface area contributed by atoms with E-state index in [1.54, 1.807) is 25.6 Å². The van der Waals surface area contributed by atoms with Gasteiger partial charge in [-0.15, -0.1) is 0 Å². The summed E-state index contributed by atoms with van der Waals surface area (Å²) in [6.07, 6.45) is 6.78. The van der Waals surface area contributed by atoms with Gasteiger partial charge in [0.15, 0.2) is 11.6 Å². The second-order valence-corrected chi connectivity index (χ2v) is 6.54. The van der Waals surface area contributed by atoms with Gasteiger partial charge in [0.05, 0.1) is 12.5 Å². The zero-order chi connectivity index (χ0) is 16.6. The van der Waals surface area contributed by atoms with Crippen molar-refractivity contribution in [1.82, 2.24) is 20.1 Å². The van der Waals surface area contributed by atoms with Gasteiger partial charge in [0.2, 0.25) is 0 Å². The summed E-state index contributed by atoms with van der Waals surface area (Å²) < 4.78 is 11.3. The van der Waals surface area contributed by atoms with Crippen molar-refractivity contribution >= 4 is 15.9 Å². The number of pyridine rings is 2. The van der Waals surface area contributed by atoms with Crippen molar-refractivity contribution in [3.8, 4) is 17.3 Å². The van der Waals surface area contributed by atoms with Crippen LogP contribution in [0.15, 0.2) is 45.8 Å². The van der Waals surface area contributed by atoms with Gasteiger partial charge in [-0.3, -0.25) is 4.98 Å². The van der Waals surface area contributed by atoms with E-state index in [1.165, 1.54) is 5.56 Å². The van der Waals surface area contributed by atoms with Gasteiger partial charge in [-0.25, -0.2) is 4.98 Å². The summed E-state index contributed by atoms with van der Waals surface area (Å²) in [6, 6.07) is 7.67. The Kier molecular flexibility index (Phi) is 3.80. The molecule has 4 rings (SSSR count). The fourth-order valence-corrected chi connectivity index (χ4v) is 3.54. The summed E-state index contributed by atoms with van der Waals surface area (Å²) in [5.41, 5.74) is 1.62. The molecule has 0 aromatic carbocycles. The second-order valence-electron chi connectivity index (χ2n) is 5.78. The minimum atomic E-state index is -0.172. The van der Waals surface area contributed by atoms with Crippen LogP contribution < -0.4 is 4.74 Å². The molecule has 0 bridgehead atoms. The molecule has 1 aliphatic carbocycles. The fourth-order valence-electron chi connectivity index (χ4n) is 3.06. The maximum Gasteiger partial charge on any atom is 0.276 e. The average Bonchev–Trinajstić information content (AvgIpc) is 3.05. The molecular weight excluding hydrogens is 372 g/mol. The van der Waals surface area contributed by atoms with Gasteiger partial charge in [0.1, 0.15) is 10.3 Å². The standard InChI is InChI=1S/C17H15BrN4O2/c1-23-13-4-3-12(20-14(13)18)15-21-16(22-24-15)17(7-2-8-17)11-5-9-19-10-6-11/h3-6,9-10H,2,7-8H2,1H3. The second kappa shape index (κ2) is 5.98. The van der Waals surface area contributed by atoms with E-state index in [0.717, 1.165) is 19.3 Å². The molecule has 7 heteroatoms. The molecule has 24 heavy (non-hydrogen) atoms. The lowest BCUT2D eigenvalue weighted by Gasteiger charge is -2.39. The molecule has 3 aromatic heterocycles. The minimum absolute atomic E-state index is 0.172. The number of hydrogen-bond donors (Lipinski definition) is 0. The van der Waals surface area contributed by atoms with Gasteiger partial charge in [-0.05, 0) is 58.6 Å². The maximum absolute atomic E-state index is 5.48. The lowest BCUT2D eigenvalue weighted by Crippen LogP contribution is -2.36. The number of hydrogen-bond acceptors (Lipinski definition) is 6. The summed E-state index contributed by atoms with van der Waals surface area (Å²) in [4.78, 5) is 13.1. The molecule has 0 N–H and O–H groups in total. The van der Waals surface area contributed by atoms with Crippen LogP contribution in [0.1, 0.15) is 30.7 Å². The van der Waals surface area contributed by atoms with Gasteiger partial charge in [0.25, 0.3) is 5.89 Å². The Morgan fingerprint density at radius 3 is 2.54 bits per heavy atom. The predicted molar refractivity (Wildman–Crippen MR) is 90.6 cm³/mol. The molecule has 3 aromatic rings. The molecule has 1 fully saturated rings. The molecule has 0 spiro atoms. The first kappa shape index (κ1) is 15.3. The molecule has 3 heterocycles. The zero-order valence-electron chi connectivity index (χ0n) is 13.1. The average molecular weight is 387 g/mol. The molecule has 122 valence electrons. The summed E-state index contributed by atoms with van der Waals surface area (Å²) in [5.74, 6) is 1.78. The van der Waals surface area contributed by atoms with Crippen molar-refractivity contribution in [3.63, 3.8) is 0 Å². The number of rotatable bonds is 4. The van der Waals surface area contributed by atoms with E-state index in [9.17, 15) is 0 Å². The Bertz CT molecular complexity index is 862. The van der Waals surface area contributed by atoms with Crippen LogP contribution >= 0.6 is 15.9 Å². The molecule has 0 atom stereocenters. The van der Waals surface area contributed by atoms with Gasteiger partial charge in [-0.1, -0.05) is 11.6 Å². The molecule has 0 radical (unpaired) electrons. The van der Waals surface area contributed by atoms with Gasteiger partial charge < -0.3 is 9.26 Å². The smallest absolute Gasteiger partial charge is 0.276 e. The third-order valence-corrected chi connectivity index (χ3v) is 5.12. The fraction of sp³-hybridized carbons (Fsp3) is 0.294. The largest absolute Gasteiger partial charge is 0.494 e. The van der Waals surface area contributed by atoms with Gasteiger partial charge in [0, 0.05) is 12.4 Å². The van der Waals surface area contributed by atoms with Crippen LogP contribution in [0.4, 0.5) is 0 Å². The van der Waals surface area contributed by atoms with Crippen molar-refractivity contribution in [2.24, 2.45) is 0 Å². The number of nitrogens with zero attached hydrogens (tertiary/aromatic N) is 4. The first-order chi connectivity index (χ1) is 11.7. The van der Waals surface area contributed by atoms with E-state index in [-0.39, 0.29) is 5.41 Å². The van der Waals surface area contributed by atoms with Crippen LogP contribution in [0.25, 0.3) is 11.6 Å². The number of ether oxygens (including phenoxy) is 1.